The number of nitrogens with two attached hydrogens (primary N) is 1. The predicted octanol–water partition coefficient (Wildman–Crippen LogP) is 2.25. The molecule has 5 nitrogen and oxygen atoms in total. The van der Waals surface area contributed by atoms with Gasteiger partial charge in [0.25, 0.3) is 5.91 Å². The Kier molecular flexibility index (Phi) is 7.50. The van der Waals surface area contributed by atoms with Crippen molar-refractivity contribution < 1.29 is 9.53 Å². The van der Waals surface area contributed by atoms with Crippen LogP contribution in [0.3, 0.4) is 0 Å². The molecule has 5 heteroatoms. The van der Waals surface area contributed by atoms with E-state index in [2.05, 4.69) is 10.6 Å². The van der Waals surface area contributed by atoms with Gasteiger partial charge in [-0.3, -0.25) is 4.79 Å². The third-order valence-corrected chi connectivity index (χ3v) is 2.99. The van der Waals surface area contributed by atoms with Crippen LogP contribution in [-0.2, 0) is 4.74 Å². The van der Waals surface area contributed by atoms with Crippen molar-refractivity contribution in [2.45, 2.75) is 26.2 Å². The van der Waals surface area contributed by atoms with Gasteiger partial charge in [-0.25, -0.2) is 0 Å². The number of nitrogens with one attached hydrogen (secondary N) is 2. The highest BCUT2D eigenvalue weighted by Crippen LogP contribution is 2.20. The number of ether oxygens (including phenoxy) is 1. The van der Waals surface area contributed by atoms with Crippen LogP contribution in [-0.4, -0.2) is 32.7 Å². The lowest BCUT2D eigenvalue weighted by Gasteiger charge is -2.11. The Morgan fingerprint density at radius 2 is 2.10 bits per heavy atom. The maximum Gasteiger partial charge on any atom is 0.251 e. The molecular formula is C15H25N3O2. The zero-order chi connectivity index (χ0) is 14.8. The van der Waals surface area contributed by atoms with Crippen LogP contribution in [0.15, 0.2) is 18.2 Å². The molecule has 1 rings (SSSR count). The van der Waals surface area contributed by atoms with Crippen LogP contribution in [0.4, 0.5) is 11.4 Å². The van der Waals surface area contributed by atoms with E-state index >= 15 is 0 Å². The summed E-state index contributed by atoms with van der Waals surface area (Å²) in [4.78, 5) is 11.8. The summed E-state index contributed by atoms with van der Waals surface area (Å²) in [6, 6.07) is 5.30. The zero-order valence-electron chi connectivity index (χ0n) is 12.4. The van der Waals surface area contributed by atoms with Gasteiger partial charge in [-0.1, -0.05) is 0 Å². The number of carbonyl (C=O) groups is 1. The van der Waals surface area contributed by atoms with E-state index in [0.29, 0.717) is 17.8 Å². The first-order valence-electron chi connectivity index (χ1n) is 7.09. The number of unbranched alkanes of at least 4 members (excludes halogenated alkanes) is 2. The molecule has 0 fully saturated rings. The van der Waals surface area contributed by atoms with Crippen molar-refractivity contribution in [2.75, 3.05) is 37.9 Å². The SMILES string of the molecule is CCNC(=O)c1ccc(N)c(NCCCCCOC)c1. The Hall–Kier alpha value is -1.75. The summed E-state index contributed by atoms with van der Waals surface area (Å²) < 4.78 is 5.01. The molecule has 0 atom stereocenters. The minimum absolute atomic E-state index is 0.0735. The molecule has 112 valence electrons. The van der Waals surface area contributed by atoms with E-state index in [1.807, 2.05) is 6.92 Å². The Bertz CT molecular complexity index is 422. The Morgan fingerprint density at radius 3 is 2.80 bits per heavy atom. The average molecular weight is 279 g/mol. The third kappa shape index (κ3) is 5.48. The second kappa shape index (κ2) is 9.20. The fourth-order valence-corrected chi connectivity index (χ4v) is 1.88. The molecule has 0 aliphatic rings. The Labute approximate surface area is 120 Å². The second-order valence-corrected chi connectivity index (χ2v) is 4.64. The molecule has 0 heterocycles. The number of rotatable bonds is 9. The van der Waals surface area contributed by atoms with Gasteiger partial charge in [0.05, 0.1) is 11.4 Å². The lowest BCUT2D eigenvalue weighted by molar-refractivity contribution is 0.0956. The van der Waals surface area contributed by atoms with Crippen LogP contribution in [0.2, 0.25) is 0 Å². The number of nitrogen functional groups attached to an aromatic ring is 1. The topological polar surface area (TPSA) is 76.4 Å². The Balaban J connectivity index is 2.48. The minimum atomic E-state index is -0.0735. The summed E-state index contributed by atoms with van der Waals surface area (Å²) in [7, 11) is 1.71. The van der Waals surface area contributed by atoms with E-state index < -0.39 is 0 Å². The summed E-state index contributed by atoms with van der Waals surface area (Å²) >= 11 is 0. The standard InChI is InChI=1S/C15H25N3O2/c1-3-17-15(19)12-7-8-13(16)14(11-12)18-9-5-4-6-10-20-2/h7-8,11,18H,3-6,9-10,16H2,1-2H3,(H,17,19). The number of methoxy groups -OCH3 is 1. The highest BCUT2D eigenvalue weighted by molar-refractivity contribution is 5.96. The molecule has 0 bridgehead atoms. The minimum Gasteiger partial charge on any atom is -0.397 e. The zero-order valence-corrected chi connectivity index (χ0v) is 12.4. The largest absolute Gasteiger partial charge is 0.397 e. The number of hydrogen-bond donors (Lipinski definition) is 3. The predicted molar refractivity (Wildman–Crippen MR) is 83.1 cm³/mol. The van der Waals surface area contributed by atoms with Crippen molar-refractivity contribution in [1.82, 2.24) is 5.32 Å². The van der Waals surface area contributed by atoms with Crippen molar-refractivity contribution in [2.24, 2.45) is 0 Å². The first kappa shape index (κ1) is 16.3. The van der Waals surface area contributed by atoms with Gasteiger partial charge in [0, 0.05) is 32.4 Å². The molecule has 0 saturated heterocycles. The van der Waals surface area contributed by atoms with Crippen LogP contribution < -0.4 is 16.4 Å². The normalized spacial score (nSPS) is 10.3. The second-order valence-electron chi connectivity index (χ2n) is 4.64. The van der Waals surface area contributed by atoms with Crippen molar-refractivity contribution in [1.29, 1.82) is 0 Å². The third-order valence-electron chi connectivity index (χ3n) is 2.99. The number of benzene rings is 1. The molecule has 0 aliphatic heterocycles. The molecule has 0 aromatic heterocycles. The summed E-state index contributed by atoms with van der Waals surface area (Å²) in [5.74, 6) is -0.0735. The first-order valence-corrected chi connectivity index (χ1v) is 7.09. The van der Waals surface area contributed by atoms with Crippen molar-refractivity contribution >= 4 is 17.3 Å². The van der Waals surface area contributed by atoms with E-state index in [-0.39, 0.29) is 5.91 Å². The van der Waals surface area contributed by atoms with E-state index in [0.717, 1.165) is 38.1 Å². The fraction of sp³-hybridized carbons (Fsp3) is 0.533. The maximum absolute atomic E-state index is 11.8. The highest BCUT2D eigenvalue weighted by Gasteiger charge is 2.07. The molecule has 0 radical (unpaired) electrons. The van der Waals surface area contributed by atoms with Crippen molar-refractivity contribution in [3.63, 3.8) is 0 Å². The van der Waals surface area contributed by atoms with Crippen molar-refractivity contribution in [3.8, 4) is 0 Å². The smallest absolute Gasteiger partial charge is 0.251 e. The molecule has 0 unspecified atom stereocenters. The maximum atomic E-state index is 11.8. The van der Waals surface area contributed by atoms with Gasteiger partial charge >= 0.3 is 0 Å². The molecule has 4 N–H and O–H groups in total. The number of hydrogen-bond acceptors (Lipinski definition) is 4. The molecule has 1 aromatic rings. The summed E-state index contributed by atoms with van der Waals surface area (Å²) in [5, 5.41) is 6.06. The highest BCUT2D eigenvalue weighted by atomic mass is 16.5. The molecular weight excluding hydrogens is 254 g/mol. The number of carbonyl (C=O) groups excluding carboxylic acids is 1. The lowest BCUT2D eigenvalue weighted by Crippen LogP contribution is -2.22. The lowest BCUT2D eigenvalue weighted by atomic mass is 10.1. The summed E-state index contributed by atoms with van der Waals surface area (Å²) in [6.45, 7) is 4.15. The fourth-order valence-electron chi connectivity index (χ4n) is 1.88. The van der Waals surface area contributed by atoms with Gasteiger partial charge in [-0.15, -0.1) is 0 Å². The molecule has 0 aliphatic carbocycles. The van der Waals surface area contributed by atoms with Crippen molar-refractivity contribution in [3.05, 3.63) is 23.8 Å². The molecule has 0 spiro atoms. The summed E-state index contributed by atoms with van der Waals surface area (Å²) in [6.07, 6.45) is 3.22. The van der Waals surface area contributed by atoms with Gasteiger partial charge < -0.3 is 21.1 Å². The van der Waals surface area contributed by atoms with Gasteiger partial charge in [0.15, 0.2) is 0 Å². The van der Waals surface area contributed by atoms with Gasteiger partial charge in [0.2, 0.25) is 0 Å². The van der Waals surface area contributed by atoms with Crippen LogP contribution in [0, 0.1) is 0 Å². The van der Waals surface area contributed by atoms with E-state index in [1.165, 1.54) is 0 Å². The summed E-state index contributed by atoms with van der Waals surface area (Å²) in [5.41, 5.74) is 8.02. The molecule has 1 aromatic carbocycles. The van der Waals surface area contributed by atoms with E-state index in [9.17, 15) is 4.79 Å². The van der Waals surface area contributed by atoms with Crippen LogP contribution in [0.5, 0.6) is 0 Å². The molecule has 1 amide bonds. The first-order chi connectivity index (χ1) is 9.69. The monoisotopic (exact) mass is 279 g/mol. The van der Waals surface area contributed by atoms with Gasteiger partial charge in [0.1, 0.15) is 0 Å². The van der Waals surface area contributed by atoms with Gasteiger partial charge in [-0.05, 0) is 44.4 Å². The van der Waals surface area contributed by atoms with Gasteiger partial charge in [-0.2, -0.15) is 0 Å². The molecule has 20 heavy (non-hydrogen) atoms. The number of amides is 1. The van der Waals surface area contributed by atoms with Crippen LogP contribution in [0.1, 0.15) is 36.5 Å². The van der Waals surface area contributed by atoms with E-state index in [4.69, 9.17) is 10.5 Å². The average Bonchev–Trinajstić information content (AvgIpc) is 2.44. The van der Waals surface area contributed by atoms with E-state index in [1.54, 1.807) is 25.3 Å². The quantitative estimate of drug-likeness (QED) is 0.478. The van der Waals surface area contributed by atoms with Crippen LogP contribution in [0.25, 0.3) is 0 Å². The number of anilines is 2. The molecule has 0 saturated carbocycles. The van der Waals surface area contributed by atoms with Crippen LogP contribution >= 0.6 is 0 Å². The Morgan fingerprint density at radius 1 is 1.30 bits per heavy atom.